The Kier molecular flexibility index (Phi) is 2.57. The van der Waals surface area contributed by atoms with Crippen molar-refractivity contribution in [1.82, 2.24) is 10.4 Å². The largest absolute Gasteiger partial charge is 0.310 e. The van der Waals surface area contributed by atoms with E-state index in [2.05, 4.69) is 10.4 Å². The van der Waals surface area contributed by atoms with E-state index in [0.717, 1.165) is 28.7 Å². The van der Waals surface area contributed by atoms with Crippen LogP contribution in [-0.2, 0) is 4.79 Å². The van der Waals surface area contributed by atoms with Gasteiger partial charge in [0.1, 0.15) is 12.3 Å². The fourth-order valence-corrected chi connectivity index (χ4v) is 2.40. The van der Waals surface area contributed by atoms with Crippen LogP contribution in [0.3, 0.4) is 0 Å². The third kappa shape index (κ3) is 1.58. The van der Waals surface area contributed by atoms with Crippen molar-refractivity contribution in [1.29, 1.82) is 0 Å². The van der Waals surface area contributed by atoms with Crippen LogP contribution in [0.15, 0.2) is 42.7 Å². The molecule has 1 N–H and O–H groups in total. The van der Waals surface area contributed by atoms with Crippen LogP contribution in [0.4, 0.5) is 5.69 Å². The highest BCUT2D eigenvalue weighted by Gasteiger charge is 2.28. The van der Waals surface area contributed by atoms with Crippen molar-refractivity contribution in [2.75, 3.05) is 12.1 Å². The zero-order valence-corrected chi connectivity index (χ0v) is 10.00. The molecular weight excluding hydrogens is 226 g/mol. The summed E-state index contributed by atoms with van der Waals surface area (Å²) in [5, 5.41) is 1.89. The minimum atomic E-state index is -0.283. The van der Waals surface area contributed by atoms with E-state index in [4.69, 9.17) is 0 Å². The van der Waals surface area contributed by atoms with E-state index in [1.165, 1.54) is 0 Å². The lowest BCUT2D eigenvalue weighted by Gasteiger charge is -2.12. The molecule has 4 nitrogen and oxygen atoms in total. The molecule has 18 heavy (non-hydrogen) atoms. The molecular formula is C14H13N3O. The van der Waals surface area contributed by atoms with E-state index in [1.54, 1.807) is 12.4 Å². The lowest BCUT2D eigenvalue weighted by Crippen LogP contribution is -2.30. The Morgan fingerprint density at radius 3 is 2.78 bits per heavy atom. The number of aldehydes is 1. The first-order valence-electron chi connectivity index (χ1n) is 5.80. The minimum Gasteiger partial charge on any atom is -0.310 e. The lowest BCUT2D eigenvalue weighted by molar-refractivity contribution is -0.109. The molecule has 2 aromatic rings. The second kappa shape index (κ2) is 4.23. The van der Waals surface area contributed by atoms with Gasteiger partial charge in [-0.2, -0.15) is 0 Å². The fraction of sp³-hybridized carbons (Fsp3) is 0.143. The third-order valence-corrected chi connectivity index (χ3v) is 3.22. The van der Waals surface area contributed by atoms with Crippen LogP contribution in [0.5, 0.6) is 0 Å². The molecule has 0 aliphatic carbocycles. The molecule has 0 spiro atoms. The summed E-state index contributed by atoms with van der Waals surface area (Å²) >= 11 is 0. The third-order valence-electron chi connectivity index (χ3n) is 3.22. The molecule has 1 atom stereocenters. The van der Waals surface area contributed by atoms with E-state index >= 15 is 0 Å². The van der Waals surface area contributed by atoms with E-state index in [0.29, 0.717) is 0 Å². The molecule has 1 aromatic carbocycles. The monoisotopic (exact) mass is 239 g/mol. The number of anilines is 1. The molecule has 1 aliphatic heterocycles. The standard InChI is InChI=1S/C14H13N3O/c1-17-13-4-2-3-11(10-5-7-15-8-6-10)14(13)12(9-18)16-17/h2-9,12,16H,1H3. The van der Waals surface area contributed by atoms with Gasteiger partial charge in [-0.15, -0.1) is 0 Å². The number of nitrogens with one attached hydrogen (secondary N) is 1. The molecule has 0 bridgehead atoms. The predicted octanol–water partition coefficient (Wildman–Crippen LogP) is 1.94. The maximum Gasteiger partial charge on any atom is 0.143 e. The molecule has 0 saturated carbocycles. The first-order chi connectivity index (χ1) is 8.81. The Morgan fingerprint density at radius 2 is 2.06 bits per heavy atom. The van der Waals surface area contributed by atoms with Crippen molar-refractivity contribution in [3.8, 4) is 11.1 Å². The van der Waals surface area contributed by atoms with Crippen molar-refractivity contribution in [3.63, 3.8) is 0 Å². The molecule has 3 rings (SSSR count). The second-order valence-corrected chi connectivity index (χ2v) is 4.28. The van der Waals surface area contributed by atoms with Gasteiger partial charge in [-0.1, -0.05) is 12.1 Å². The highest BCUT2D eigenvalue weighted by atomic mass is 16.1. The molecule has 90 valence electrons. The predicted molar refractivity (Wildman–Crippen MR) is 70.0 cm³/mol. The van der Waals surface area contributed by atoms with Crippen molar-refractivity contribution >= 4 is 12.0 Å². The summed E-state index contributed by atoms with van der Waals surface area (Å²) in [5.41, 5.74) is 7.35. The number of fused-ring (bicyclic) bond motifs is 1. The Bertz CT molecular complexity index is 583. The highest BCUT2D eigenvalue weighted by molar-refractivity contribution is 5.82. The Balaban J connectivity index is 2.21. The van der Waals surface area contributed by atoms with Gasteiger partial charge in [0.2, 0.25) is 0 Å². The van der Waals surface area contributed by atoms with Gasteiger partial charge in [0.05, 0.1) is 5.69 Å². The zero-order valence-electron chi connectivity index (χ0n) is 10.00. The van der Waals surface area contributed by atoms with Crippen molar-refractivity contribution in [3.05, 3.63) is 48.3 Å². The number of rotatable bonds is 2. The Morgan fingerprint density at radius 1 is 1.28 bits per heavy atom. The molecule has 0 amide bonds. The number of hydrazine groups is 1. The second-order valence-electron chi connectivity index (χ2n) is 4.28. The molecule has 0 radical (unpaired) electrons. The average molecular weight is 239 g/mol. The normalized spacial score (nSPS) is 17.6. The molecule has 4 heteroatoms. The van der Waals surface area contributed by atoms with Gasteiger partial charge in [-0.3, -0.25) is 4.98 Å². The van der Waals surface area contributed by atoms with E-state index < -0.39 is 0 Å². The summed E-state index contributed by atoms with van der Waals surface area (Å²) in [6.07, 6.45) is 4.46. The summed E-state index contributed by atoms with van der Waals surface area (Å²) in [6, 6.07) is 9.67. The summed E-state index contributed by atoms with van der Waals surface area (Å²) in [7, 11) is 1.92. The number of benzene rings is 1. The molecule has 1 unspecified atom stereocenters. The fourth-order valence-electron chi connectivity index (χ4n) is 2.40. The number of carbonyl (C=O) groups excluding carboxylic acids is 1. The number of carbonyl (C=O) groups is 1. The number of aromatic nitrogens is 1. The summed E-state index contributed by atoms with van der Waals surface area (Å²) in [4.78, 5) is 15.2. The first kappa shape index (κ1) is 10.9. The Labute approximate surface area is 105 Å². The number of hydrogen-bond acceptors (Lipinski definition) is 4. The van der Waals surface area contributed by atoms with Crippen molar-refractivity contribution in [2.24, 2.45) is 0 Å². The molecule has 0 fully saturated rings. The van der Waals surface area contributed by atoms with Gasteiger partial charge in [0, 0.05) is 25.0 Å². The van der Waals surface area contributed by atoms with Gasteiger partial charge in [0.25, 0.3) is 0 Å². The maximum atomic E-state index is 11.2. The quantitative estimate of drug-likeness (QED) is 0.813. The first-order valence-corrected chi connectivity index (χ1v) is 5.80. The topological polar surface area (TPSA) is 45.2 Å². The van der Waals surface area contributed by atoms with Gasteiger partial charge in [-0.05, 0) is 29.3 Å². The maximum absolute atomic E-state index is 11.2. The van der Waals surface area contributed by atoms with Crippen LogP contribution in [0.25, 0.3) is 11.1 Å². The number of pyridine rings is 1. The lowest BCUT2D eigenvalue weighted by atomic mass is 9.95. The van der Waals surface area contributed by atoms with Gasteiger partial charge < -0.3 is 9.80 Å². The summed E-state index contributed by atoms with van der Waals surface area (Å²) in [6.45, 7) is 0. The highest BCUT2D eigenvalue weighted by Crippen LogP contribution is 2.38. The number of nitrogens with zero attached hydrogens (tertiary/aromatic N) is 2. The summed E-state index contributed by atoms with van der Waals surface area (Å²) < 4.78 is 0. The molecule has 1 aromatic heterocycles. The summed E-state index contributed by atoms with van der Waals surface area (Å²) in [5.74, 6) is 0. The van der Waals surface area contributed by atoms with Crippen LogP contribution in [0.2, 0.25) is 0 Å². The molecule has 1 aliphatic rings. The van der Waals surface area contributed by atoms with E-state index in [9.17, 15) is 4.79 Å². The van der Waals surface area contributed by atoms with E-state index in [1.807, 2.05) is 42.4 Å². The zero-order chi connectivity index (χ0) is 12.5. The van der Waals surface area contributed by atoms with Crippen LogP contribution in [0.1, 0.15) is 11.6 Å². The van der Waals surface area contributed by atoms with Gasteiger partial charge >= 0.3 is 0 Å². The van der Waals surface area contributed by atoms with Crippen LogP contribution in [-0.4, -0.2) is 18.3 Å². The van der Waals surface area contributed by atoms with Gasteiger partial charge in [-0.25, -0.2) is 5.43 Å². The molecule has 2 heterocycles. The Hall–Kier alpha value is -2.20. The van der Waals surface area contributed by atoms with Crippen LogP contribution in [0, 0.1) is 0 Å². The van der Waals surface area contributed by atoms with Crippen molar-refractivity contribution < 1.29 is 4.79 Å². The molecule has 0 saturated heterocycles. The minimum absolute atomic E-state index is 0.283. The van der Waals surface area contributed by atoms with E-state index in [-0.39, 0.29) is 6.04 Å². The van der Waals surface area contributed by atoms with Crippen molar-refractivity contribution in [2.45, 2.75) is 6.04 Å². The van der Waals surface area contributed by atoms with Crippen LogP contribution >= 0.6 is 0 Å². The average Bonchev–Trinajstić information content (AvgIpc) is 2.77. The van der Waals surface area contributed by atoms with Crippen LogP contribution < -0.4 is 10.4 Å². The smallest absolute Gasteiger partial charge is 0.143 e. The SMILES string of the molecule is CN1NC(C=O)c2c(-c3ccncc3)cccc21. The number of hydrogen-bond donors (Lipinski definition) is 1. The van der Waals surface area contributed by atoms with Gasteiger partial charge in [0.15, 0.2) is 0 Å².